The Morgan fingerprint density at radius 2 is 2.07 bits per heavy atom. The molecule has 1 saturated carbocycles. The molecule has 4 heteroatoms. The molecule has 0 aromatic rings. The quantitative estimate of drug-likeness (QED) is 0.700. The standard InChI is InChI=1S/C11H19NO3/c13-10-4-2-1-3-9(10)12-11(14)8-5-6-15-7-8/h8-10,13H,1-7H2,(H,12,14)/t8?,9-,10-/m1/s1. The van der Waals surface area contributed by atoms with Crippen LogP contribution in [0.15, 0.2) is 0 Å². The molecular weight excluding hydrogens is 194 g/mol. The van der Waals surface area contributed by atoms with Crippen LogP contribution < -0.4 is 5.32 Å². The third-order valence-electron chi connectivity index (χ3n) is 3.36. The first kappa shape index (κ1) is 10.9. The van der Waals surface area contributed by atoms with Crippen LogP contribution in [0, 0.1) is 5.92 Å². The molecule has 2 N–H and O–H groups in total. The maximum Gasteiger partial charge on any atom is 0.225 e. The van der Waals surface area contributed by atoms with E-state index < -0.39 is 0 Å². The Bertz CT molecular complexity index is 226. The highest BCUT2D eigenvalue weighted by molar-refractivity contribution is 5.79. The maximum atomic E-state index is 11.8. The molecule has 2 aliphatic rings. The van der Waals surface area contributed by atoms with Crippen molar-refractivity contribution < 1.29 is 14.6 Å². The Morgan fingerprint density at radius 3 is 2.73 bits per heavy atom. The molecule has 1 aliphatic carbocycles. The van der Waals surface area contributed by atoms with Crippen molar-refractivity contribution in [1.29, 1.82) is 0 Å². The highest BCUT2D eigenvalue weighted by Gasteiger charge is 2.29. The topological polar surface area (TPSA) is 58.6 Å². The number of nitrogens with one attached hydrogen (secondary N) is 1. The van der Waals surface area contributed by atoms with Crippen molar-refractivity contribution >= 4 is 5.91 Å². The van der Waals surface area contributed by atoms with Gasteiger partial charge in [0.1, 0.15) is 0 Å². The molecule has 1 saturated heterocycles. The molecule has 3 atom stereocenters. The van der Waals surface area contributed by atoms with Gasteiger partial charge >= 0.3 is 0 Å². The summed E-state index contributed by atoms with van der Waals surface area (Å²) in [4.78, 5) is 11.8. The van der Waals surface area contributed by atoms with Crippen LogP contribution in [0.1, 0.15) is 32.1 Å². The van der Waals surface area contributed by atoms with Crippen LogP contribution in [0.2, 0.25) is 0 Å². The molecule has 2 fully saturated rings. The van der Waals surface area contributed by atoms with E-state index in [4.69, 9.17) is 4.74 Å². The van der Waals surface area contributed by atoms with Gasteiger partial charge in [-0.05, 0) is 19.3 Å². The van der Waals surface area contributed by atoms with Gasteiger partial charge in [0, 0.05) is 6.61 Å². The number of rotatable bonds is 2. The van der Waals surface area contributed by atoms with Gasteiger partial charge in [-0.2, -0.15) is 0 Å². The summed E-state index contributed by atoms with van der Waals surface area (Å²) >= 11 is 0. The van der Waals surface area contributed by atoms with Gasteiger partial charge in [-0.25, -0.2) is 0 Å². The average molecular weight is 213 g/mol. The van der Waals surface area contributed by atoms with Crippen molar-refractivity contribution in [3.63, 3.8) is 0 Å². The van der Waals surface area contributed by atoms with Gasteiger partial charge in [0.05, 0.1) is 24.7 Å². The van der Waals surface area contributed by atoms with Gasteiger partial charge in [0.25, 0.3) is 0 Å². The molecule has 1 amide bonds. The molecule has 0 spiro atoms. The number of carbonyl (C=O) groups is 1. The third-order valence-corrected chi connectivity index (χ3v) is 3.36. The van der Waals surface area contributed by atoms with Crippen molar-refractivity contribution in [2.75, 3.05) is 13.2 Å². The summed E-state index contributed by atoms with van der Waals surface area (Å²) in [5, 5.41) is 12.7. The second-order valence-corrected chi connectivity index (χ2v) is 4.53. The molecule has 2 rings (SSSR count). The van der Waals surface area contributed by atoms with Gasteiger partial charge < -0.3 is 15.2 Å². The highest BCUT2D eigenvalue weighted by atomic mass is 16.5. The van der Waals surface area contributed by atoms with Gasteiger partial charge in [0.15, 0.2) is 0 Å². The van der Waals surface area contributed by atoms with Crippen molar-refractivity contribution in [3.05, 3.63) is 0 Å². The maximum absolute atomic E-state index is 11.8. The van der Waals surface area contributed by atoms with Crippen molar-refractivity contribution in [2.24, 2.45) is 5.92 Å². The zero-order chi connectivity index (χ0) is 10.7. The highest BCUT2D eigenvalue weighted by Crippen LogP contribution is 2.20. The summed E-state index contributed by atoms with van der Waals surface area (Å²) in [5.74, 6) is 0.0533. The minimum atomic E-state index is -0.356. The summed E-state index contributed by atoms with van der Waals surface area (Å²) in [5.41, 5.74) is 0. The summed E-state index contributed by atoms with van der Waals surface area (Å²) in [7, 11) is 0. The minimum absolute atomic E-state index is 0.000809. The summed E-state index contributed by atoms with van der Waals surface area (Å²) in [6.07, 6.45) is 4.34. The van der Waals surface area contributed by atoms with Crippen molar-refractivity contribution in [1.82, 2.24) is 5.32 Å². The monoisotopic (exact) mass is 213 g/mol. The Labute approximate surface area is 90.0 Å². The molecule has 0 radical (unpaired) electrons. The van der Waals surface area contributed by atoms with E-state index in [1.54, 1.807) is 0 Å². The van der Waals surface area contributed by atoms with Crippen molar-refractivity contribution in [2.45, 2.75) is 44.2 Å². The Hall–Kier alpha value is -0.610. The number of ether oxygens (including phenoxy) is 1. The molecular formula is C11H19NO3. The first-order valence-electron chi connectivity index (χ1n) is 5.83. The molecule has 86 valence electrons. The van der Waals surface area contributed by atoms with Crippen LogP contribution in [-0.2, 0) is 9.53 Å². The van der Waals surface area contributed by atoms with E-state index in [9.17, 15) is 9.90 Å². The smallest absolute Gasteiger partial charge is 0.225 e. The average Bonchev–Trinajstić information content (AvgIpc) is 2.74. The molecule has 0 bridgehead atoms. The molecule has 1 unspecified atom stereocenters. The Balaban J connectivity index is 1.81. The van der Waals surface area contributed by atoms with Crippen LogP contribution >= 0.6 is 0 Å². The molecule has 1 aliphatic heterocycles. The largest absolute Gasteiger partial charge is 0.391 e. The van der Waals surface area contributed by atoms with Crippen molar-refractivity contribution in [3.8, 4) is 0 Å². The fourth-order valence-corrected chi connectivity index (χ4v) is 2.32. The van der Waals surface area contributed by atoms with E-state index in [0.29, 0.717) is 13.2 Å². The van der Waals surface area contributed by atoms with E-state index >= 15 is 0 Å². The zero-order valence-corrected chi connectivity index (χ0v) is 8.95. The number of aliphatic hydroxyl groups excluding tert-OH is 1. The van der Waals surface area contributed by atoms with E-state index in [1.165, 1.54) is 0 Å². The lowest BCUT2D eigenvalue weighted by Crippen LogP contribution is -2.47. The Kier molecular flexibility index (Phi) is 3.59. The molecule has 4 nitrogen and oxygen atoms in total. The third kappa shape index (κ3) is 2.69. The number of amides is 1. The summed E-state index contributed by atoms with van der Waals surface area (Å²) in [6.45, 7) is 1.22. The van der Waals surface area contributed by atoms with Crippen LogP contribution in [0.5, 0.6) is 0 Å². The van der Waals surface area contributed by atoms with Gasteiger partial charge in [-0.1, -0.05) is 12.8 Å². The lowest BCUT2D eigenvalue weighted by Gasteiger charge is -2.29. The number of hydrogen-bond donors (Lipinski definition) is 2. The van der Waals surface area contributed by atoms with Gasteiger partial charge in [-0.3, -0.25) is 4.79 Å². The fraction of sp³-hybridized carbons (Fsp3) is 0.909. The number of hydrogen-bond acceptors (Lipinski definition) is 3. The summed E-state index contributed by atoms with van der Waals surface area (Å²) < 4.78 is 5.17. The van der Waals surface area contributed by atoms with Crippen LogP contribution in [0.25, 0.3) is 0 Å². The molecule has 15 heavy (non-hydrogen) atoms. The second-order valence-electron chi connectivity index (χ2n) is 4.53. The van der Waals surface area contributed by atoms with E-state index in [-0.39, 0.29) is 24.0 Å². The van der Waals surface area contributed by atoms with Gasteiger partial charge in [0.2, 0.25) is 5.91 Å². The SMILES string of the molecule is O=C(N[C@@H]1CCCC[C@H]1O)C1CCOC1. The van der Waals surface area contributed by atoms with Crippen LogP contribution in [-0.4, -0.2) is 36.4 Å². The normalized spacial score (nSPS) is 36.5. The second kappa shape index (κ2) is 4.94. The van der Waals surface area contributed by atoms with Crippen LogP contribution in [0.3, 0.4) is 0 Å². The molecule has 1 heterocycles. The van der Waals surface area contributed by atoms with E-state index in [0.717, 1.165) is 32.1 Å². The lowest BCUT2D eigenvalue weighted by atomic mass is 9.92. The van der Waals surface area contributed by atoms with Gasteiger partial charge in [-0.15, -0.1) is 0 Å². The first-order valence-corrected chi connectivity index (χ1v) is 5.83. The predicted molar refractivity (Wildman–Crippen MR) is 55.3 cm³/mol. The molecule has 0 aromatic carbocycles. The minimum Gasteiger partial charge on any atom is -0.391 e. The number of aliphatic hydroxyl groups is 1. The fourth-order valence-electron chi connectivity index (χ4n) is 2.32. The predicted octanol–water partition coefficient (Wildman–Crippen LogP) is 0.443. The van der Waals surface area contributed by atoms with E-state index in [1.807, 2.05) is 0 Å². The van der Waals surface area contributed by atoms with E-state index in [2.05, 4.69) is 5.32 Å². The Morgan fingerprint density at radius 1 is 1.27 bits per heavy atom. The lowest BCUT2D eigenvalue weighted by molar-refractivity contribution is -0.126. The zero-order valence-electron chi connectivity index (χ0n) is 8.95. The molecule has 0 aromatic heterocycles. The summed E-state index contributed by atoms with van der Waals surface area (Å²) in [6, 6.07) is -0.0353. The van der Waals surface area contributed by atoms with Crippen LogP contribution in [0.4, 0.5) is 0 Å². The first-order chi connectivity index (χ1) is 7.27. The number of carbonyl (C=O) groups excluding carboxylic acids is 1.